The summed E-state index contributed by atoms with van der Waals surface area (Å²) in [6.45, 7) is 6.64. The summed E-state index contributed by atoms with van der Waals surface area (Å²) in [5.41, 5.74) is 1.10. The van der Waals surface area contributed by atoms with Crippen LogP contribution in [0.2, 0.25) is 0 Å². The molecule has 36 heavy (non-hydrogen) atoms. The third-order valence-electron chi connectivity index (χ3n) is 5.55. The van der Waals surface area contributed by atoms with E-state index in [1.165, 1.54) is 13.2 Å². The number of aryl methyl sites for hydroxylation is 1. The standard InChI is InChI=1S/C27H26F3N3O3/c1-5-11-33-17(2)12-19(18(33)3)13-20(16-31)26(34)32-24-14-21(27(28,29)30)9-10-25(24)36-23-8-6-7-22(15-23)35-4/h6-10,12-15H,5,11H2,1-4H3,(H,32,34). The molecule has 9 heteroatoms. The predicted octanol–water partition coefficient (Wildman–Crippen LogP) is 6.88. The number of alkyl halides is 3. The Morgan fingerprint density at radius 1 is 1.14 bits per heavy atom. The van der Waals surface area contributed by atoms with Crippen molar-refractivity contribution in [1.82, 2.24) is 4.57 Å². The van der Waals surface area contributed by atoms with Crippen molar-refractivity contribution in [3.63, 3.8) is 0 Å². The van der Waals surface area contributed by atoms with Crippen LogP contribution in [0.5, 0.6) is 17.2 Å². The Labute approximate surface area is 207 Å². The van der Waals surface area contributed by atoms with E-state index in [9.17, 15) is 23.2 Å². The molecule has 2 aromatic carbocycles. The maximum Gasteiger partial charge on any atom is 0.416 e. The highest BCUT2D eigenvalue weighted by molar-refractivity contribution is 6.10. The molecule has 0 aliphatic carbocycles. The zero-order valence-corrected chi connectivity index (χ0v) is 20.4. The highest BCUT2D eigenvalue weighted by atomic mass is 19.4. The van der Waals surface area contributed by atoms with Crippen LogP contribution in [0.15, 0.2) is 54.1 Å². The van der Waals surface area contributed by atoms with Gasteiger partial charge in [0.2, 0.25) is 0 Å². The molecule has 1 amide bonds. The molecule has 0 bridgehead atoms. The molecule has 0 unspecified atom stereocenters. The van der Waals surface area contributed by atoms with Crippen LogP contribution in [-0.4, -0.2) is 17.6 Å². The fraction of sp³-hybridized carbons (Fsp3) is 0.259. The summed E-state index contributed by atoms with van der Waals surface area (Å²) < 4.78 is 53.1. The van der Waals surface area contributed by atoms with E-state index in [-0.39, 0.29) is 17.0 Å². The van der Waals surface area contributed by atoms with E-state index in [4.69, 9.17) is 9.47 Å². The summed E-state index contributed by atoms with van der Waals surface area (Å²) in [5.74, 6) is -0.0972. The Kier molecular flexibility index (Phi) is 8.10. The number of ether oxygens (including phenoxy) is 2. The number of aromatic nitrogens is 1. The SMILES string of the molecule is CCCn1c(C)cc(C=C(C#N)C(=O)Nc2cc(C(F)(F)F)ccc2Oc2cccc(OC)c2)c1C. The molecule has 0 radical (unpaired) electrons. The lowest BCUT2D eigenvalue weighted by Gasteiger charge is -2.15. The smallest absolute Gasteiger partial charge is 0.416 e. The van der Waals surface area contributed by atoms with Crippen molar-refractivity contribution in [3.05, 3.63) is 76.6 Å². The van der Waals surface area contributed by atoms with E-state index in [0.29, 0.717) is 17.1 Å². The molecule has 0 saturated heterocycles. The molecule has 0 spiro atoms. The Balaban J connectivity index is 1.97. The van der Waals surface area contributed by atoms with Crippen molar-refractivity contribution in [2.45, 2.75) is 39.9 Å². The molecule has 0 aliphatic rings. The van der Waals surface area contributed by atoms with E-state index >= 15 is 0 Å². The fourth-order valence-electron chi connectivity index (χ4n) is 3.72. The molecule has 3 aromatic rings. The average Bonchev–Trinajstić information content (AvgIpc) is 3.10. The maximum absolute atomic E-state index is 13.4. The van der Waals surface area contributed by atoms with Gasteiger partial charge in [-0.2, -0.15) is 18.4 Å². The maximum atomic E-state index is 13.4. The van der Waals surface area contributed by atoms with Gasteiger partial charge in [0.15, 0.2) is 5.75 Å². The number of nitriles is 1. The molecule has 6 nitrogen and oxygen atoms in total. The van der Waals surface area contributed by atoms with Gasteiger partial charge < -0.3 is 19.4 Å². The van der Waals surface area contributed by atoms with Gasteiger partial charge in [0.05, 0.1) is 18.4 Å². The summed E-state index contributed by atoms with van der Waals surface area (Å²) >= 11 is 0. The predicted molar refractivity (Wildman–Crippen MR) is 131 cm³/mol. The molecule has 1 heterocycles. The lowest BCUT2D eigenvalue weighted by molar-refractivity contribution is -0.137. The quantitative estimate of drug-likeness (QED) is 0.272. The number of benzene rings is 2. The second-order valence-corrected chi connectivity index (χ2v) is 8.09. The summed E-state index contributed by atoms with van der Waals surface area (Å²) in [7, 11) is 1.47. The molecule has 1 aromatic heterocycles. The van der Waals surface area contributed by atoms with Crippen LogP contribution < -0.4 is 14.8 Å². The Bertz CT molecular complexity index is 1330. The van der Waals surface area contributed by atoms with Gasteiger partial charge in [0.1, 0.15) is 23.1 Å². The second kappa shape index (κ2) is 11.0. The molecule has 3 rings (SSSR count). The minimum atomic E-state index is -4.64. The molecule has 1 N–H and O–H groups in total. The number of halogens is 3. The highest BCUT2D eigenvalue weighted by Gasteiger charge is 2.31. The van der Waals surface area contributed by atoms with Gasteiger partial charge >= 0.3 is 6.18 Å². The van der Waals surface area contributed by atoms with E-state index in [0.717, 1.165) is 42.6 Å². The molecular formula is C27H26F3N3O3. The number of amides is 1. The zero-order chi connectivity index (χ0) is 26.5. The van der Waals surface area contributed by atoms with Crippen LogP contribution in [0.1, 0.15) is 35.9 Å². The van der Waals surface area contributed by atoms with Gasteiger partial charge in [-0.3, -0.25) is 4.79 Å². The molecule has 188 valence electrons. The van der Waals surface area contributed by atoms with Crippen molar-refractivity contribution in [3.8, 4) is 23.3 Å². The largest absolute Gasteiger partial charge is 0.497 e. The van der Waals surface area contributed by atoms with Crippen LogP contribution in [0.4, 0.5) is 18.9 Å². The van der Waals surface area contributed by atoms with Crippen molar-refractivity contribution in [2.75, 3.05) is 12.4 Å². The van der Waals surface area contributed by atoms with Gasteiger partial charge in [-0.05, 0) is 68.3 Å². The van der Waals surface area contributed by atoms with Crippen LogP contribution in [0.3, 0.4) is 0 Å². The van der Waals surface area contributed by atoms with Gasteiger partial charge in [-0.1, -0.05) is 13.0 Å². The van der Waals surface area contributed by atoms with Gasteiger partial charge in [-0.25, -0.2) is 0 Å². The number of nitrogens with zero attached hydrogens (tertiary/aromatic N) is 2. The number of hydrogen-bond acceptors (Lipinski definition) is 4. The van der Waals surface area contributed by atoms with Crippen LogP contribution >= 0.6 is 0 Å². The Morgan fingerprint density at radius 2 is 1.86 bits per heavy atom. The first-order valence-electron chi connectivity index (χ1n) is 11.2. The van der Waals surface area contributed by atoms with Crippen LogP contribution in [0.25, 0.3) is 6.08 Å². The number of methoxy groups -OCH3 is 1. The lowest BCUT2D eigenvalue weighted by atomic mass is 10.1. The van der Waals surface area contributed by atoms with Crippen molar-refractivity contribution >= 4 is 17.7 Å². The number of anilines is 1. The molecular weight excluding hydrogens is 471 g/mol. The topological polar surface area (TPSA) is 76.3 Å². The van der Waals surface area contributed by atoms with Crippen LogP contribution in [-0.2, 0) is 17.5 Å². The summed E-state index contributed by atoms with van der Waals surface area (Å²) in [4.78, 5) is 13.0. The zero-order valence-electron chi connectivity index (χ0n) is 20.4. The molecule has 0 aliphatic heterocycles. The first-order valence-corrected chi connectivity index (χ1v) is 11.2. The fourth-order valence-corrected chi connectivity index (χ4v) is 3.72. The molecule has 0 atom stereocenters. The number of hydrogen-bond donors (Lipinski definition) is 1. The first-order chi connectivity index (χ1) is 17.1. The number of nitrogens with one attached hydrogen (secondary N) is 1. The van der Waals surface area contributed by atoms with Crippen molar-refractivity contribution < 1.29 is 27.4 Å². The van der Waals surface area contributed by atoms with Crippen LogP contribution in [0, 0.1) is 25.2 Å². The number of carbonyl (C=O) groups excluding carboxylic acids is 1. The van der Waals surface area contributed by atoms with Crippen molar-refractivity contribution in [2.24, 2.45) is 0 Å². The average molecular weight is 498 g/mol. The molecule has 0 fully saturated rings. The summed E-state index contributed by atoms with van der Waals surface area (Å²) in [6, 6.07) is 12.9. The van der Waals surface area contributed by atoms with Gasteiger partial charge in [-0.15, -0.1) is 0 Å². The summed E-state index contributed by atoms with van der Waals surface area (Å²) in [5, 5.41) is 12.1. The summed E-state index contributed by atoms with van der Waals surface area (Å²) in [6.07, 6.45) is -2.30. The van der Waals surface area contributed by atoms with E-state index in [2.05, 4.69) is 9.88 Å². The van der Waals surface area contributed by atoms with E-state index in [1.807, 2.05) is 32.9 Å². The number of rotatable bonds is 8. The Morgan fingerprint density at radius 3 is 2.50 bits per heavy atom. The lowest BCUT2D eigenvalue weighted by Crippen LogP contribution is -2.15. The van der Waals surface area contributed by atoms with Gasteiger partial charge in [0, 0.05) is 24.0 Å². The Hall–Kier alpha value is -4.19. The monoisotopic (exact) mass is 497 g/mol. The highest BCUT2D eigenvalue weighted by Crippen LogP contribution is 2.37. The van der Waals surface area contributed by atoms with E-state index < -0.39 is 17.6 Å². The second-order valence-electron chi connectivity index (χ2n) is 8.09. The van der Waals surface area contributed by atoms with Crippen molar-refractivity contribution in [1.29, 1.82) is 5.26 Å². The third-order valence-corrected chi connectivity index (χ3v) is 5.55. The van der Waals surface area contributed by atoms with Gasteiger partial charge in [0.25, 0.3) is 5.91 Å². The minimum Gasteiger partial charge on any atom is -0.497 e. The van der Waals surface area contributed by atoms with E-state index in [1.54, 1.807) is 24.3 Å². The first kappa shape index (κ1) is 26.4. The third kappa shape index (κ3) is 6.08. The number of carbonyl (C=O) groups is 1. The molecule has 0 saturated carbocycles. The minimum absolute atomic E-state index is 0.0250. The normalized spacial score (nSPS) is 11.7.